The first-order chi connectivity index (χ1) is 12.9. The van der Waals surface area contributed by atoms with E-state index in [9.17, 15) is 14.7 Å². The predicted octanol–water partition coefficient (Wildman–Crippen LogP) is 3.24. The van der Waals surface area contributed by atoms with Gasteiger partial charge in [0, 0.05) is 23.7 Å². The molecule has 2 aromatic carbocycles. The van der Waals surface area contributed by atoms with Gasteiger partial charge in [-0.05, 0) is 24.3 Å². The number of esters is 1. The molecule has 8 heteroatoms. The Labute approximate surface area is 160 Å². The molecule has 7 nitrogen and oxygen atoms in total. The van der Waals surface area contributed by atoms with Crippen LogP contribution in [0.1, 0.15) is 10.4 Å². The highest BCUT2D eigenvalue weighted by molar-refractivity contribution is 6.30. The van der Waals surface area contributed by atoms with E-state index in [0.717, 1.165) is 5.56 Å². The lowest BCUT2D eigenvalue weighted by molar-refractivity contribution is -0.119. The van der Waals surface area contributed by atoms with Crippen LogP contribution in [0.2, 0.25) is 5.02 Å². The lowest BCUT2D eigenvalue weighted by Gasteiger charge is -2.07. The van der Waals surface area contributed by atoms with Crippen molar-refractivity contribution in [1.29, 1.82) is 0 Å². The molecule has 1 heterocycles. The van der Waals surface area contributed by atoms with Gasteiger partial charge in [0.05, 0.1) is 5.69 Å². The molecule has 0 aliphatic carbocycles. The number of nitrogens with one attached hydrogen (secondary N) is 1. The number of carbonyl (C=O) groups excluding carboxylic acids is 2. The van der Waals surface area contributed by atoms with Crippen LogP contribution in [0.5, 0.6) is 5.75 Å². The van der Waals surface area contributed by atoms with Gasteiger partial charge in [-0.2, -0.15) is 5.10 Å². The molecular formula is C19H16ClN3O4. The second-order valence-corrected chi connectivity index (χ2v) is 6.12. The zero-order chi connectivity index (χ0) is 19.4. The van der Waals surface area contributed by atoms with Crippen molar-refractivity contribution in [2.75, 3.05) is 11.9 Å². The molecule has 0 aliphatic heterocycles. The third kappa shape index (κ3) is 4.45. The van der Waals surface area contributed by atoms with E-state index in [1.54, 1.807) is 37.4 Å². The van der Waals surface area contributed by atoms with Gasteiger partial charge in [-0.15, -0.1) is 0 Å². The van der Waals surface area contributed by atoms with Gasteiger partial charge in [0.2, 0.25) is 0 Å². The largest absolute Gasteiger partial charge is 0.507 e. The highest BCUT2D eigenvalue weighted by Gasteiger charge is 2.15. The van der Waals surface area contributed by atoms with Crippen LogP contribution in [-0.2, 0) is 16.6 Å². The van der Waals surface area contributed by atoms with Crippen molar-refractivity contribution >= 4 is 29.3 Å². The molecule has 0 atom stereocenters. The van der Waals surface area contributed by atoms with Crippen molar-refractivity contribution in [3.63, 3.8) is 0 Å². The summed E-state index contributed by atoms with van der Waals surface area (Å²) in [4.78, 5) is 24.0. The number of carbonyl (C=O) groups is 2. The molecule has 0 aliphatic rings. The Bertz CT molecular complexity index is 983. The number of aromatic nitrogens is 2. The molecule has 1 aromatic heterocycles. The zero-order valence-corrected chi connectivity index (χ0v) is 15.1. The summed E-state index contributed by atoms with van der Waals surface area (Å²) in [7, 11) is 1.68. The normalized spacial score (nSPS) is 10.4. The molecule has 0 unspecified atom stereocenters. The summed E-state index contributed by atoms with van der Waals surface area (Å²) >= 11 is 5.88. The van der Waals surface area contributed by atoms with Crippen molar-refractivity contribution in [2.24, 2.45) is 7.05 Å². The molecule has 0 saturated heterocycles. The van der Waals surface area contributed by atoms with E-state index in [4.69, 9.17) is 16.3 Å². The van der Waals surface area contributed by atoms with E-state index < -0.39 is 18.5 Å². The highest BCUT2D eigenvalue weighted by Crippen LogP contribution is 2.23. The minimum atomic E-state index is -0.782. The standard InChI is InChI=1S/C19H16ClN3O4/c1-23-17(10-15(22-23)12-6-8-13(20)9-7-12)21-18(25)11-27-19(26)14-4-2-3-5-16(14)24/h2-10,24H,11H2,1H3,(H,21,25). The Balaban J connectivity index is 1.62. The first-order valence-corrected chi connectivity index (χ1v) is 8.37. The number of amides is 1. The Hall–Kier alpha value is -3.32. The average Bonchev–Trinajstić information content (AvgIpc) is 3.01. The lowest BCUT2D eigenvalue weighted by Crippen LogP contribution is -2.22. The number of hydrogen-bond donors (Lipinski definition) is 2. The first kappa shape index (κ1) is 18.5. The van der Waals surface area contributed by atoms with Crippen LogP contribution in [-0.4, -0.2) is 33.4 Å². The number of halogens is 1. The number of aromatic hydroxyl groups is 1. The number of benzene rings is 2. The number of rotatable bonds is 5. The van der Waals surface area contributed by atoms with Crippen LogP contribution in [0.25, 0.3) is 11.3 Å². The van der Waals surface area contributed by atoms with Crippen LogP contribution in [0.4, 0.5) is 5.82 Å². The zero-order valence-electron chi connectivity index (χ0n) is 14.3. The molecule has 27 heavy (non-hydrogen) atoms. The van der Waals surface area contributed by atoms with Crippen LogP contribution in [0.15, 0.2) is 54.6 Å². The number of hydrogen-bond acceptors (Lipinski definition) is 5. The molecule has 1 amide bonds. The average molecular weight is 386 g/mol. The fourth-order valence-corrected chi connectivity index (χ4v) is 2.51. The smallest absolute Gasteiger partial charge is 0.342 e. The SMILES string of the molecule is Cn1nc(-c2ccc(Cl)cc2)cc1NC(=O)COC(=O)c1ccccc1O. The number of para-hydroxylation sites is 1. The van der Waals surface area contributed by atoms with Gasteiger partial charge in [-0.3, -0.25) is 9.48 Å². The van der Waals surface area contributed by atoms with E-state index in [2.05, 4.69) is 10.4 Å². The predicted molar refractivity (Wildman–Crippen MR) is 101 cm³/mol. The number of phenols is 1. The Morgan fingerprint density at radius 1 is 1.19 bits per heavy atom. The summed E-state index contributed by atoms with van der Waals surface area (Å²) in [6.45, 7) is -0.491. The molecule has 3 rings (SSSR count). The van der Waals surface area contributed by atoms with Crippen molar-refractivity contribution in [1.82, 2.24) is 9.78 Å². The molecule has 0 spiro atoms. The fourth-order valence-electron chi connectivity index (χ4n) is 2.38. The number of anilines is 1. The second-order valence-electron chi connectivity index (χ2n) is 5.69. The second kappa shape index (κ2) is 7.92. The summed E-state index contributed by atoms with van der Waals surface area (Å²) in [6.07, 6.45) is 0. The Kier molecular flexibility index (Phi) is 5.42. The fraction of sp³-hybridized carbons (Fsp3) is 0.105. The van der Waals surface area contributed by atoms with Crippen molar-refractivity contribution in [3.05, 3.63) is 65.2 Å². The molecule has 138 valence electrons. The van der Waals surface area contributed by atoms with Crippen LogP contribution < -0.4 is 5.32 Å². The van der Waals surface area contributed by atoms with Gasteiger partial charge in [0.1, 0.15) is 17.1 Å². The van der Waals surface area contributed by atoms with Crippen molar-refractivity contribution in [2.45, 2.75) is 0 Å². The van der Waals surface area contributed by atoms with Crippen molar-refractivity contribution in [3.8, 4) is 17.0 Å². The van der Waals surface area contributed by atoms with E-state index in [1.165, 1.54) is 16.8 Å². The van der Waals surface area contributed by atoms with E-state index in [1.807, 2.05) is 12.1 Å². The van der Waals surface area contributed by atoms with Crippen LogP contribution in [0.3, 0.4) is 0 Å². The topological polar surface area (TPSA) is 93.5 Å². The van der Waals surface area contributed by atoms with Gasteiger partial charge >= 0.3 is 5.97 Å². The summed E-state index contributed by atoms with van der Waals surface area (Å²) < 4.78 is 6.44. The lowest BCUT2D eigenvalue weighted by atomic mass is 10.1. The van der Waals surface area contributed by atoms with Gasteiger partial charge < -0.3 is 15.2 Å². The van der Waals surface area contributed by atoms with Crippen LogP contribution in [0, 0.1) is 0 Å². The Morgan fingerprint density at radius 2 is 1.89 bits per heavy atom. The van der Waals surface area contributed by atoms with Crippen LogP contribution >= 0.6 is 11.6 Å². The van der Waals surface area contributed by atoms with Gasteiger partial charge in [-0.1, -0.05) is 35.9 Å². The molecule has 0 fully saturated rings. The quantitative estimate of drug-likeness (QED) is 0.657. The number of nitrogens with zero attached hydrogens (tertiary/aromatic N) is 2. The Morgan fingerprint density at radius 3 is 2.59 bits per heavy atom. The summed E-state index contributed by atoms with van der Waals surface area (Å²) in [5.74, 6) is -1.06. The minimum absolute atomic E-state index is 0.00384. The van der Waals surface area contributed by atoms with E-state index in [0.29, 0.717) is 16.5 Å². The minimum Gasteiger partial charge on any atom is -0.507 e. The monoisotopic (exact) mass is 385 g/mol. The highest BCUT2D eigenvalue weighted by atomic mass is 35.5. The number of phenolic OH excluding ortho intramolecular Hbond substituents is 1. The molecular weight excluding hydrogens is 370 g/mol. The van der Waals surface area contributed by atoms with Crippen molar-refractivity contribution < 1.29 is 19.4 Å². The van der Waals surface area contributed by atoms with Gasteiger partial charge in [-0.25, -0.2) is 4.79 Å². The molecule has 3 aromatic rings. The maximum Gasteiger partial charge on any atom is 0.342 e. The summed E-state index contributed by atoms with van der Waals surface area (Å²) in [6, 6.07) is 14.8. The molecule has 2 N–H and O–H groups in total. The molecule has 0 radical (unpaired) electrons. The maximum atomic E-state index is 12.1. The van der Waals surface area contributed by atoms with Gasteiger partial charge in [0.25, 0.3) is 5.91 Å². The first-order valence-electron chi connectivity index (χ1n) is 7.99. The number of aryl methyl sites for hydroxylation is 1. The third-order valence-corrected chi connectivity index (χ3v) is 4.00. The molecule has 0 saturated carbocycles. The molecule has 0 bridgehead atoms. The van der Waals surface area contributed by atoms with Gasteiger partial charge in [0.15, 0.2) is 6.61 Å². The summed E-state index contributed by atoms with van der Waals surface area (Å²) in [5.41, 5.74) is 1.51. The summed E-state index contributed by atoms with van der Waals surface area (Å²) in [5, 5.41) is 17.2. The van der Waals surface area contributed by atoms with E-state index >= 15 is 0 Å². The maximum absolute atomic E-state index is 12.1. The third-order valence-electron chi connectivity index (χ3n) is 3.75. The number of ether oxygens (including phenoxy) is 1. The van der Waals surface area contributed by atoms with E-state index in [-0.39, 0.29) is 11.3 Å².